The predicted molar refractivity (Wildman–Crippen MR) is 67.4 cm³/mol. The van der Waals surface area contributed by atoms with Gasteiger partial charge < -0.3 is 5.11 Å². The average molecular weight is 328 g/mol. The van der Waals surface area contributed by atoms with Gasteiger partial charge in [0.15, 0.2) is 0 Å². The van der Waals surface area contributed by atoms with E-state index in [1.807, 2.05) is 10.9 Å². The molecule has 2 rings (SSSR count). The zero-order valence-electron chi connectivity index (χ0n) is 8.30. The summed E-state index contributed by atoms with van der Waals surface area (Å²) in [4.78, 5) is 10.7. The first-order valence-corrected chi connectivity index (χ1v) is 5.73. The highest BCUT2D eigenvalue weighted by molar-refractivity contribution is 14.1. The number of carboxylic acids is 1. The zero-order chi connectivity index (χ0) is 11.5. The molecule has 0 fully saturated rings. The second-order valence-electron chi connectivity index (χ2n) is 3.36. The Morgan fingerprint density at radius 3 is 2.56 bits per heavy atom. The van der Waals surface area contributed by atoms with Crippen molar-refractivity contribution in [1.82, 2.24) is 9.78 Å². The summed E-state index contributed by atoms with van der Waals surface area (Å²) >= 11 is 2.20. The van der Waals surface area contributed by atoms with Crippen molar-refractivity contribution in [2.45, 2.75) is 6.54 Å². The molecule has 0 radical (unpaired) electrons. The van der Waals surface area contributed by atoms with Crippen LogP contribution in [0.2, 0.25) is 0 Å². The van der Waals surface area contributed by atoms with Crippen LogP contribution in [-0.4, -0.2) is 20.9 Å². The van der Waals surface area contributed by atoms with Crippen molar-refractivity contribution in [3.05, 3.63) is 51.4 Å². The molecule has 0 saturated carbocycles. The first-order chi connectivity index (χ1) is 7.65. The minimum Gasteiger partial charge on any atom is -0.478 e. The Bertz CT molecular complexity index is 505. The lowest BCUT2D eigenvalue weighted by Crippen LogP contribution is -2.01. The van der Waals surface area contributed by atoms with Crippen molar-refractivity contribution in [3.8, 4) is 0 Å². The van der Waals surface area contributed by atoms with E-state index in [-0.39, 0.29) is 0 Å². The summed E-state index contributed by atoms with van der Waals surface area (Å²) in [7, 11) is 0. The number of carbonyl (C=O) groups is 1. The lowest BCUT2D eigenvalue weighted by atomic mass is 10.1. The van der Waals surface area contributed by atoms with Crippen molar-refractivity contribution in [3.63, 3.8) is 0 Å². The number of carboxylic acid groups (broad SMARTS) is 1. The second-order valence-corrected chi connectivity index (χ2v) is 4.60. The Morgan fingerprint density at radius 2 is 2.06 bits per heavy atom. The van der Waals surface area contributed by atoms with E-state index in [2.05, 4.69) is 27.7 Å². The second kappa shape index (κ2) is 4.65. The van der Waals surface area contributed by atoms with Crippen LogP contribution in [0.15, 0.2) is 36.7 Å². The van der Waals surface area contributed by atoms with Gasteiger partial charge in [0, 0.05) is 6.20 Å². The molecular weight excluding hydrogens is 319 g/mol. The Kier molecular flexibility index (Phi) is 3.23. The van der Waals surface area contributed by atoms with Crippen LogP contribution in [0.3, 0.4) is 0 Å². The van der Waals surface area contributed by atoms with Crippen molar-refractivity contribution in [2.24, 2.45) is 0 Å². The number of rotatable bonds is 3. The highest BCUT2D eigenvalue weighted by Gasteiger charge is 2.02. The summed E-state index contributed by atoms with van der Waals surface area (Å²) in [5.41, 5.74) is 1.34. The van der Waals surface area contributed by atoms with Crippen LogP contribution < -0.4 is 0 Å². The molecule has 1 aromatic heterocycles. The van der Waals surface area contributed by atoms with Crippen LogP contribution in [0, 0.1) is 3.57 Å². The SMILES string of the molecule is O=C(O)c1ccc(Cn2cc(I)cn2)cc1. The van der Waals surface area contributed by atoms with Gasteiger partial charge in [-0.15, -0.1) is 0 Å². The zero-order valence-corrected chi connectivity index (χ0v) is 10.5. The molecule has 1 N–H and O–H groups in total. The van der Waals surface area contributed by atoms with E-state index >= 15 is 0 Å². The number of aromatic carboxylic acids is 1. The van der Waals surface area contributed by atoms with Crippen LogP contribution in [0.1, 0.15) is 15.9 Å². The maximum atomic E-state index is 10.7. The summed E-state index contributed by atoms with van der Waals surface area (Å²) in [6.07, 6.45) is 3.72. The minimum absolute atomic E-state index is 0.304. The normalized spacial score (nSPS) is 10.3. The quantitative estimate of drug-likeness (QED) is 0.879. The summed E-state index contributed by atoms with van der Waals surface area (Å²) in [6, 6.07) is 6.81. The van der Waals surface area contributed by atoms with Crippen LogP contribution in [0.4, 0.5) is 0 Å². The first kappa shape index (κ1) is 11.1. The number of benzene rings is 1. The third-order valence-electron chi connectivity index (χ3n) is 2.15. The molecule has 0 aliphatic carbocycles. The lowest BCUT2D eigenvalue weighted by Gasteiger charge is -2.02. The van der Waals surface area contributed by atoms with E-state index in [9.17, 15) is 4.79 Å². The monoisotopic (exact) mass is 328 g/mol. The molecule has 0 bridgehead atoms. The first-order valence-electron chi connectivity index (χ1n) is 4.65. The van der Waals surface area contributed by atoms with E-state index in [1.54, 1.807) is 30.5 Å². The molecule has 0 spiro atoms. The molecule has 16 heavy (non-hydrogen) atoms. The molecule has 1 aromatic carbocycles. The maximum Gasteiger partial charge on any atom is 0.335 e. The van der Waals surface area contributed by atoms with E-state index in [1.165, 1.54) is 0 Å². The summed E-state index contributed by atoms with van der Waals surface area (Å²) < 4.78 is 2.90. The Labute approximate surface area is 106 Å². The topological polar surface area (TPSA) is 55.1 Å². The summed E-state index contributed by atoms with van der Waals surface area (Å²) in [5, 5.41) is 12.9. The largest absolute Gasteiger partial charge is 0.478 e. The van der Waals surface area contributed by atoms with Gasteiger partial charge >= 0.3 is 5.97 Å². The lowest BCUT2D eigenvalue weighted by molar-refractivity contribution is 0.0697. The fourth-order valence-electron chi connectivity index (χ4n) is 1.36. The van der Waals surface area contributed by atoms with Crippen molar-refractivity contribution >= 4 is 28.6 Å². The number of halogens is 1. The molecule has 5 heteroatoms. The van der Waals surface area contributed by atoms with Gasteiger partial charge in [-0.3, -0.25) is 4.68 Å². The summed E-state index contributed by atoms with van der Waals surface area (Å²) in [5.74, 6) is -0.903. The highest BCUT2D eigenvalue weighted by Crippen LogP contribution is 2.08. The van der Waals surface area contributed by atoms with Gasteiger partial charge in [0.2, 0.25) is 0 Å². The average Bonchev–Trinajstić information content (AvgIpc) is 2.65. The van der Waals surface area contributed by atoms with E-state index in [0.717, 1.165) is 9.13 Å². The van der Waals surface area contributed by atoms with Gasteiger partial charge in [0.1, 0.15) is 0 Å². The number of hydrogen-bond donors (Lipinski definition) is 1. The van der Waals surface area contributed by atoms with Crippen LogP contribution >= 0.6 is 22.6 Å². The number of nitrogens with zero attached hydrogens (tertiary/aromatic N) is 2. The van der Waals surface area contributed by atoms with Gasteiger partial charge in [0.05, 0.1) is 21.9 Å². The molecule has 82 valence electrons. The van der Waals surface area contributed by atoms with E-state index in [4.69, 9.17) is 5.11 Å². The van der Waals surface area contributed by atoms with Crippen LogP contribution in [0.25, 0.3) is 0 Å². The fourth-order valence-corrected chi connectivity index (χ4v) is 1.81. The van der Waals surface area contributed by atoms with E-state index < -0.39 is 5.97 Å². The fraction of sp³-hybridized carbons (Fsp3) is 0.0909. The van der Waals surface area contributed by atoms with Gasteiger partial charge in [0.25, 0.3) is 0 Å². The van der Waals surface area contributed by atoms with Crippen LogP contribution in [0.5, 0.6) is 0 Å². The molecule has 0 unspecified atom stereocenters. The standard InChI is InChI=1S/C11H9IN2O2/c12-10-5-13-14(7-10)6-8-1-3-9(4-2-8)11(15)16/h1-5,7H,6H2,(H,15,16). The van der Waals surface area contributed by atoms with Crippen molar-refractivity contribution in [1.29, 1.82) is 0 Å². The summed E-state index contributed by atoms with van der Waals surface area (Å²) in [6.45, 7) is 0.656. The molecule has 0 atom stereocenters. The van der Waals surface area contributed by atoms with Gasteiger partial charge in [-0.05, 0) is 40.3 Å². The van der Waals surface area contributed by atoms with Gasteiger partial charge in [-0.2, -0.15) is 5.10 Å². The Balaban J connectivity index is 2.14. The molecule has 0 aliphatic rings. The van der Waals surface area contributed by atoms with Crippen LogP contribution in [-0.2, 0) is 6.54 Å². The number of aromatic nitrogens is 2. The molecule has 1 heterocycles. The third-order valence-corrected chi connectivity index (χ3v) is 2.70. The highest BCUT2D eigenvalue weighted by atomic mass is 127. The van der Waals surface area contributed by atoms with E-state index in [0.29, 0.717) is 12.1 Å². The number of hydrogen-bond acceptors (Lipinski definition) is 2. The smallest absolute Gasteiger partial charge is 0.335 e. The van der Waals surface area contributed by atoms with Gasteiger partial charge in [-0.1, -0.05) is 12.1 Å². The molecular formula is C11H9IN2O2. The molecule has 4 nitrogen and oxygen atoms in total. The van der Waals surface area contributed by atoms with Gasteiger partial charge in [-0.25, -0.2) is 4.79 Å². The predicted octanol–water partition coefficient (Wildman–Crippen LogP) is 2.23. The maximum absolute atomic E-state index is 10.7. The van der Waals surface area contributed by atoms with Crippen molar-refractivity contribution < 1.29 is 9.90 Å². The minimum atomic E-state index is -0.903. The third kappa shape index (κ3) is 2.60. The Hall–Kier alpha value is -1.37. The molecule has 0 amide bonds. The molecule has 2 aromatic rings. The van der Waals surface area contributed by atoms with Crippen molar-refractivity contribution in [2.75, 3.05) is 0 Å². The Morgan fingerprint density at radius 1 is 1.38 bits per heavy atom. The molecule has 0 aliphatic heterocycles. The molecule has 0 saturated heterocycles.